The monoisotopic (exact) mass is 272 g/mol. The van der Waals surface area contributed by atoms with Crippen molar-refractivity contribution in [1.29, 1.82) is 10.5 Å². The van der Waals surface area contributed by atoms with E-state index < -0.39 is 12.0 Å². The lowest BCUT2D eigenvalue weighted by Gasteiger charge is -2.24. The van der Waals surface area contributed by atoms with Gasteiger partial charge in [-0.25, -0.2) is 4.39 Å². The highest BCUT2D eigenvalue weighted by atomic mass is 19.2. The van der Waals surface area contributed by atoms with E-state index in [1.165, 1.54) is 12.1 Å². The quantitative estimate of drug-likeness (QED) is 0.709. The van der Waals surface area contributed by atoms with Gasteiger partial charge in [0.05, 0.1) is 11.6 Å². The summed E-state index contributed by atoms with van der Waals surface area (Å²) in [5.74, 6) is -3.23. The van der Waals surface area contributed by atoms with Crippen molar-refractivity contribution in [2.45, 2.75) is 12.0 Å². The minimum atomic E-state index is -2.90. The van der Waals surface area contributed by atoms with Crippen LogP contribution in [0.4, 0.5) is 4.39 Å². The Bertz CT molecular complexity index is 708. The highest BCUT2D eigenvalue weighted by Crippen LogP contribution is 2.34. The van der Waals surface area contributed by atoms with Crippen LogP contribution in [0, 0.1) is 22.7 Å². The summed E-state index contributed by atoms with van der Waals surface area (Å²) in [6, 6.07) is 6.13. The van der Waals surface area contributed by atoms with E-state index >= 15 is 0 Å². The number of phenols is 1. The van der Waals surface area contributed by atoms with Gasteiger partial charge in [0, 0.05) is 5.56 Å². The van der Waals surface area contributed by atoms with Gasteiger partial charge in [0.1, 0.15) is 23.5 Å². The third-order valence-corrected chi connectivity index (χ3v) is 2.95. The van der Waals surface area contributed by atoms with Gasteiger partial charge in [-0.3, -0.25) is 0 Å². The zero-order valence-corrected chi connectivity index (χ0v) is 10.1. The molecule has 1 aliphatic rings. The van der Waals surface area contributed by atoms with Crippen LogP contribution in [-0.4, -0.2) is 27.3 Å². The maximum atomic E-state index is 13.4. The summed E-state index contributed by atoms with van der Waals surface area (Å²) >= 11 is 0. The molecule has 100 valence electrons. The number of alkyl halides is 1. The molecule has 0 spiro atoms. The largest absolute Gasteiger partial charge is 0.507 e. The molecule has 0 radical (unpaired) electrons. The van der Waals surface area contributed by atoms with E-state index in [1.807, 2.05) is 6.07 Å². The molecular weight excluding hydrogens is 263 g/mol. The molecule has 3 N–H and O–H groups in total. The van der Waals surface area contributed by atoms with Crippen molar-refractivity contribution in [1.82, 2.24) is 0 Å². The van der Waals surface area contributed by atoms with Crippen molar-refractivity contribution in [3.05, 3.63) is 47.1 Å². The average molecular weight is 272 g/mol. The first-order valence-corrected chi connectivity index (χ1v) is 5.57. The van der Waals surface area contributed by atoms with Crippen LogP contribution in [0.1, 0.15) is 16.7 Å². The molecule has 0 bridgehead atoms. The van der Waals surface area contributed by atoms with Crippen molar-refractivity contribution in [2.24, 2.45) is 0 Å². The lowest BCUT2D eigenvalue weighted by atomic mass is 9.89. The molecule has 1 aromatic rings. The number of aliphatic hydroxyl groups is 2. The maximum Gasteiger partial charge on any atom is 0.256 e. The lowest BCUT2D eigenvalue weighted by molar-refractivity contribution is -0.113. The van der Waals surface area contributed by atoms with Crippen LogP contribution in [0.25, 0.3) is 5.57 Å². The van der Waals surface area contributed by atoms with Crippen LogP contribution in [0.2, 0.25) is 0 Å². The predicted octanol–water partition coefficient (Wildman–Crippen LogP) is 1.11. The molecule has 0 heterocycles. The SMILES string of the molecule is N#Cc1ccc(O)c(C#N)c1C1=CC(O)C(O)(F)C=C1. The molecule has 20 heavy (non-hydrogen) atoms. The van der Waals surface area contributed by atoms with Crippen LogP contribution in [-0.2, 0) is 0 Å². The number of allylic oxidation sites excluding steroid dienone is 2. The second kappa shape index (κ2) is 4.78. The molecular formula is C14H9FN2O3. The van der Waals surface area contributed by atoms with Gasteiger partial charge in [-0.1, -0.05) is 6.08 Å². The molecule has 2 rings (SSSR count). The lowest BCUT2D eigenvalue weighted by Crippen LogP contribution is -2.36. The van der Waals surface area contributed by atoms with Gasteiger partial charge < -0.3 is 15.3 Å². The first kappa shape index (κ1) is 13.8. The van der Waals surface area contributed by atoms with Crippen molar-refractivity contribution in [3.8, 4) is 17.9 Å². The number of nitrogens with zero attached hydrogens (tertiary/aromatic N) is 2. The average Bonchev–Trinajstić information content (AvgIpc) is 2.41. The Labute approximate surface area is 113 Å². The van der Waals surface area contributed by atoms with Crippen LogP contribution in [0.15, 0.2) is 30.4 Å². The second-order valence-corrected chi connectivity index (χ2v) is 4.23. The zero-order chi connectivity index (χ0) is 14.9. The Morgan fingerprint density at radius 3 is 2.50 bits per heavy atom. The third-order valence-electron chi connectivity index (χ3n) is 2.95. The van der Waals surface area contributed by atoms with E-state index in [-0.39, 0.29) is 28.0 Å². The van der Waals surface area contributed by atoms with E-state index in [0.717, 1.165) is 18.2 Å². The van der Waals surface area contributed by atoms with Gasteiger partial charge in [-0.05, 0) is 29.9 Å². The van der Waals surface area contributed by atoms with E-state index in [1.54, 1.807) is 6.07 Å². The van der Waals surface area contributed by atoms with E-state index in [9.17, 15) is 19.7 Å². The van der Waals surface area contributed by atoms with Crippen LogP contribution in [0.5, 0.6) is 5.75 Å². The molecule has 6 heteroatoms. The number of benzene rings is 1. The Balaban J connectivity index is 2.67. The molecule has 0 saturated heterocycles. The minimum absolute atomic E-state index is 0.0841. The Morgan fingerprint density at radius 2 is 1.95 bits per heavy atom. The third kappa shape index (κ3) is 2.14. The summed E-state index contributed by atoms with van der Waals surface area (Å²) in [6.07, 6.45) is 1.02. The number of halogens is 1. The molecule has 0 saturated carbocycles. The first-order chi connectivity index (χ1) is 9.40. The predicted molar refractivity (Wildman–Crippen MR) is 66.7 cm³/mol. The summed E-state index contributed by atoms with van der Waals surface area (Å²) in [7, 11) is 0. The summed E-state index contributed by atoms with van der Waals surface area (Å²) in [4.78, 5) is 0. The summed E-state index contributed by atoms with van der Waals surface area (Å²) in [5, 5.41) is 46.4. The van der Waals surface area contributed by atoms with Crippen molar-refractivity contribution < 1.29 is 19.7 Å². The Kier molecular flexibility index (Phi) is 3.29. The molecule has 5 nitrogen and oxygen atoms in total. The number of hydrogen-bond donors (Lipinski definition) is 3. The van der Waals surface area contributed by atoms with Crippen LogP contribution < -0.4 is 0 Å². The standard InChI is InChI=1S/C14H9FN2O3/c15-14(20)4-3-8(5-12(14)19)13-9(6-16)1-2-11(18)10(13)7-17/h1-5,12,18-20H. The van der Waals surface area contributed by atoms with Crippen molar-refractivity contribution in [3.63, 3.8) is 0 Å². The molecule has 0 aliphatic heterocycles. The van der Waals surface area contributed by atoms with Gasteiger partial charge in [0.2, 0.25) is 0 Å². The molecule has 0 amide bonds. The van der Waals surface area contributed by atoms with Gasteiger partial charge in [-0.2, -0.15) is 10.5 Å². The van der Waals surface area contributed by atoms with Gasteiger partial charge in [0.25, 0.3) is 5.85 Å². The minimum Gasteiger partial charge on any atom is -0.507 e. The number of hydrogen-bond acceptors (Lipinski definition) is 5. The van der Waals surface area contributed by atoms with Gasteiger partial charge >= 0.3 is 0 Å². The normalized spacial score (nSPS) is 24.6. The van der Waals surface area contributed by atoms with Crippen LogP contribution in [0.3, 0.4) is 0 Å². The summed E-state index contributed by atoms with van der Waals surface area (Å²) < 4.78 is 13.4. The molecule has 1 aliphatic carbocycles. The zero-order valence-electron chi connectivity index (χ0n) is 10.1. The maximum absolute atomic E-state index is 13.4. The fraction of sp³-hybridized carbons (Fsp3) is 0.143. The van der Waals surface area contributed by atoms with E-state index in [4.69, 9.17) is 10.5 Å². The molecule has 0 aromatic heterocycles. The summed E-state index contributed by atoms with van der Waals surface area (Å²) in [6.45, 7) is 0. The molecule has 0 fully saturated rings. The van der Waals surface area contributed by atoms with E-state index in [2.05, 4.69) is 0 Å². The van der Waals surface area contributed by atoms with Gasteiger partial charge in [-0.15, -0.1) is 0 Å². The fourth-order valence-corrected chi connectivity index (χ4v) is 1.91. The van der Waals surface area contributed by atoms with Crippen molar-refractivity contribution >= 4 is 5.57 Å². The molecule has 2 unspecified atom stereocenters. The van der Waals surface area contributed by atoms with Crippen molar-refractivity contribution in [2.75, 3.05) is 0 Å². The Hall–Kier alpha value is -2.67. The first-order valence-electron chi connectivity index (χ1n) is 5.57. The Morgan fingerprint density at radius 1 is 1.25 bits per heavy atom. The van der Waals surface area contributed by atoms with Gasteiger partial charge in [0.15, 0.2) is 0 Å². The smallest absolute Gasteiger partial charge is 0.256 e. The number of aromatic hydroxyl groups is 1. The summed E-state index contributed by atoms with van der Waals surface area (Å²) in [5.41, 5.74) is 0.188. The number of nitriles is 2. The second-order valence-electron chi connectivity index (χ2n) is 4.23. The highest BCUT2D eigenvalue weighted by molar-refractivity contribution is 5.84. The topological polar surface area (TPSA) is 108 Å². The van der Waals surface area contributed by atoms with Crippen LogP contribution >= 0.6 is 0 Å². The molecule has 1 aromatic carbocycles. The number of phenolic OH excluding ortho intramolecular Hbond substituents is 1. The highest BCUT2D eigenvalue weighted by Gasteiger charge is 2.34. The number of rotatable bonds is 1. The molecule has 2 atom stereocenters. The van der Waals surface area contributed by atoms with E-state index in [0.29, 0.717) is 0 Å². The fourth-order valence-electron chi connectivity index (χ4n) is 1.91. The number of aliphatic hydroxyl groups excluding tert-OH is 1.